The second-order valence-electron chi connectivity index (χ2n) is 4.46. The highest BCUT2D eigenvalue weighted by molar-refractivity contribution is 9.10. The van der Waals surface area contributed by atoms with Crippen LogP contribution in [0.3, 0.4) is 0 Å². The van der Waals surface area contributed by atoms with Crippen molar-refractivity contribution in [3.05, 3.63) is 28.2 Å². The summed E-state index contributed by atoms with van der Waals surface area (Å²) in [5.41, 5.74) is 10.9. The van der Waals surface area contributed by atoms with Gasteiger partial charge in [0.15, 0.2) is 0 Å². The lowest BCUT2D eigenvalue weighted by Gasteiger charge is -2.33. The summed E-state index contributed by atoms with van der Waals surface area (Å²) >= 11 is 8.47. The number of halogens is 1. The fraction of sp³-hybridized carbons (Fsp3) is 0.417. The molecule has 4 nitrogen and oxygen atoms in total. The molecule has 1 fully saturated rings. The zero-order valence-electron chi connectivity index (χ0n) is 10.3. The van der Waals surface area contributed by atoms with E-state index >= 15 is 0 Å². The summed E-state index contributed by atoms with van der Waals surface area (Å²) in [6, 6.07) is 5.94. The Morgan fingerprint density at radius 1 is 1.33 bits per heavy atom. The zero-order valence-corrected chi connectivity index (χ0v) is 12.7. The Labute approximate surface area is 121 Å². The third kappa shape index (κ3) is 3.41. The molecule has 18 heavy (non-hydrogen) atoms. The van der Waals surface area contributed by atoms with E-state index in [0.29, 0.717) is 4.99 Å². The second-order valence-corrected chi connectivity index (χ2v) is 5.76. The molecule has 0 aromatic heterocycles. The second kappa shape index (κ2) is 5.97. The molecule has 0 saturated carbocycles. The molecule has 0 radical (unpaired) electrons. The van der Waals surface area contributed by atoms with Crippen molar-refractivity contribution in [1.29, 1.82) is 0 Å². The van der Waals surface area contributed by atoms with Gasteiger partial charge in [0.25, 0.3) is 0 Å². The number of hydrazine groups is 1. The first kappa shape index (κ1) is 13.7. The summed E-state index contributed by atoms with van der Waals surface area (Å²) in [5, 5.41) is 2.22. The number of likely N-dealkylation sites (N-methyl/N-ethyl adjacent to an activating group) is 1. The van der Waals surface area contributed by atoms with E-state index in [9.17, 15) is 0 Å². The third-order valence-corrected chi connectivity index (χ3v) is 3.90. The van der Waals surface area contributed by atoms with Gasteiger partial charge >= 0.3 is 0 Å². The standard InChI is InChI=1S/C12H17BrN4S/c1-16-4-6-17(7-5-16)15-9-2-3-10(12(14)18)11(13)8-9/h2-3,8,15H,4-7H2,1H3,(H2,14,18). The van der Waals surface area contributed by atoms with Gasteiger partial charge < -0.3 is 16.1 Å². The topological polar surface area (TPSA) is 44.5 Å². The predicted molar refractivity (Wildman–Crippen MR) is 82.7 cm³/mol. The smallest absolute Gasteiger partial charge is 0.105 e. The van der Waals surface area contributed by atoms with Crippen LogP contribution in [-0.2, 0) is 0 Å². The first-order valence-corrected chi connectivity index (χ1v) is 7.06. The Hall–Kier alpha value is -0.690. The largest absolute Gasteiger partial charge is 0.389 e. The van der Waals surface area contributed by atoms with Crippen LogP contribution in [0.4, 0.5) is 5.69 Å². The first-order chi connectivity index (χ1) is 8.56. The molecule has 0 amide bonds. The van der Waals surface area contributed by atoms with Gasteiger partial charge in [0.1, 0.15) is 4.99 Å². The van der Waals surface area contributed by atoms with Crippen molar-refractivity contribution in [2.45, 2.75) is 0 Å². The van der Waals surface area contributed by atoms with E-state index in [2.05, 4.69) is 38.3 Å². The van der Waals surface area contributed by atoms with E-state index < -0.39 is 0 Å². The maximum Gasteiger partial charge on any atom is 0.105 e. The minimum Gasteiger partial charge on any atom is -0.389 e. The highest BCUT2D eigenvalue weighted by Gasteiger charge is 2.13. The highest BCUT2D eigenvalue weighted by atomic mass is 79.9. The summed E-state index contributed by atoms with van der Waals surface area (Å²) in [7, 11) is 2.14. The summed E-state index contributed by atoms with van der Waals surface area (Å²) in [5.74, 6) is 0. The summed E-state index contributed by atoms with van der Waals surface area (Å²) in [4.78, 5) is 2.73. The Balaban J connectivity index is 2.02. The predicted octanol–water partition coefficient (Wildman–Crippen LogP) is 1.66. The first-order valence-electron chi connectivity index (χ1n) is 5.86. The van der Waals surface area contributed by atoms with Gasteiger partial charge in [-0.15, -0.1) is 0 Å². The average molecular weight is 329 g/mol. The van der Waals surface area contributed by atoms with Crippen LogP contribution in [0.2, 0.25) is 0 Å². The van der Waals surface area contributed by atoms with Gasteiger partial charge in [0, 0.05) is 36.2 Å². The van der Waals surface area contributed by atoms with Gasteiger partial charge in [-0.25, -0.2) is 5.01 Å². The number of hydrogen-bond donors (Lipinski definition) is 2. The maximum absolute atomic E-state index is 5.63. The van der Waals surface area contributed by atoms with E-state index in [-0.39, 0.29) is 0 Å². The van der Waals surface area contributed by atoms with Crippen molar-refractivity contribution in [3.63, 3.8) is 0 Å². The molecule has 0 aliphatic carbocycles. The molecule has 0 atom stereocenters. The van der Waals surface area contributed by atoms with Crippen LogP contribution in [0.5, 0.6) is 0 Å². The summed E-state index contributed by atoms with van der Waals surface area (Å²) < 4.78 is 0.925. The van der Waals surface area contributed by atoms with Crippen molar-refractivity contribution < 1.29 is 0 Å². The Kier molecular flexibility index (Phi) is 4.55. The minimum absolute atomic E-state index is 0.410. The number of rotatable bonds is 3. The number of anilines is 1. The Bertz CT molecular complexity index is 444. The van der Waals surface area contributed by atoms with Crippen LogP contribution in [0.25, 0.3) is 0 Å². The fourth-order valence-electron chi connectivity index (χ4n) is 1.89. The maximum atomic E-state index is 5.63. The molecule has 6 heteroatoms. The molecule has 3 N–H and O–H groups in total. The summed E-state index contributed by atoms with van der Waals surface area (Å²) in [6.07, 6.45) is 0. The molecule has 2 rings (SSSR count). The lowest BCUT2D eigenvalue weighted by atomic mass is 10.2. The molecular weight excluding hydrogens is 312 g/mol. The molecule has 1 aliphatic rings. The summed E-state index contributed by atoms with van der Waals surface area (Å²) in [6.45, 7) is 4.20. The van der Waals surface area contributed by atoms with E-state index in [1.54, 1.807) is 0 Å². The van der Waals surface area contributed by atoms with Gasteiger partial charge in [-0.1, -0.05) is 12.2 Å². The number of nitrogens with two attached hydrogens (primary N) is 1. The highest BCUT2D eigenvalue weighted by Crippen LogP contribution is 2.22. The number of nitrogens with one attached hydrogen (secondary N) is 1. The van der Waals surface area contributed by atoms with Crippen molar-refractivity contribution in [3.8, 4) is 0 Å². The SMILES string of the molecule is CN1CCN(Nc2ccc(C(N)=S)c(Br)c2)CC1. The van der Waals surface area contributed by atoms with Gasteiger partial charge in [-0.05, 0) is 41.2 Å². The number of benzene rings is 1. The van der Waals surface area contributed by atoms with E-state index in [1.165, 1.54) is 0 Å². The van der Waals surface area contributed by atoms with Gasteiger partial charge in [-0.3, -0.25) is 0 Å². The molecule has 0 spiro atoms. The lowest BCUT2D eigenvalue weighted by Crippen LogP contribution is -2.46. The molecule has 1 aromatic rings. The molecular formula is C12H17BrN4S. The minimum atomic E-state index is 0.410. The van der Waals surface area contributed by atoms with Crippen LogP contribution in [0.1, 0.15) is 5.56 Å². The number of nitrogens with zero attached hydrogens (tertiary/aromatic N) is 2. The lowest BCUT2D eigenvalue weighted by molar-refractivity contribution is 0.179. The van der Waals surface area contributed by atoms with Crippen molar-refractivity contribution in [2.24, 2.45) is 5.73 Å². The molecule has 1 aromatic carbocycles. The van der Waals surface area contributed by atoms with Gasteiger partial charge in [0.05, 0.1) is 5.69 Å². The van der Waals surface area contributed by atoms with E-state index in [4.69, 9.17) is 18.0 Å². The van der Waals surface area contributed by atoms with E-state index in [1.807, 2.05) is 18.2 Å². The Morgan fingerprint density at radius 3 is 2.56 bits per heavy atom. The number of piperazine rings is 1. The molecule has 1 heterocycles. The van der Waals surface area contributed by atoms with Crippen LogP contribution >= 0.6 is 28.1 Å². The average Bonchev–Trinajstić information content (AvgIpc) is 2.32. The van der Waals surface area contributed by atoms with Crippen molar-refractivity contribution in [2.75, 3.05) is 38.7 Å². The third-order valence-electron chi connectivity index (χ3n) is 3.03. The van der Waals surface area contributed by atoms with Crippen molar-refractivity contribution in [1.82, 2.24) is 9.91 Å². The Morgan fingerprint density at radius 2 is 2.00 bits per heavy atom. The van der Waals surface area contributed by atoms with Crippen LogP contribution < -0.4 is 11.2 Å². The molecule has 1 aliphatic heterocycles. The number of hydrogen-bond acceptors (Lipinski definition) is 4. The molecule has 1 saturated heterocycles. The molecule has 98 valence electrons. The van der Waals surface area contributed by atoms with Crippen LogP contribution in [0, 0.1) is 0 Å². The molecule has 0 unspecified atom stereocenters. The van der Waals surface area contributed by atoms with E-state index in [0.717, 1.165) is 41.9 Å². The van der Waals surface area contributed by atoms with Crippen LogP contribution in [0.15, 0.2) is 22.7 Å². The molecule has 0 bridgehead atoms. The van der Waals surface area contributed by atoms with Crippen LogP contribution in [-0.4, -0.2) is 48.1 Å². The van der Waals surface area contributed by atoms with Crippen molar-refractivity contribution >= 4 is 38.8 Å². The number of thiocarbonyl (C=S) groups is 1. The monoisotopic (exact) mass is 328 g/mol. The van der Waals surface area contributed by atoms with Gasteiger partial charge in [-0.2, -0.15) is 0 Å². The quantitative estimate of drug-likeness (QED) is 0.826. The normalized spacial score (nSPS) is 17.7. The zero-order chi connectivity index (χ0) is 13.1. The van der Waals surface area contributed by atoms with Gasteiger partial charge in [0.2, 0.25) is 0 Å². The fourth-order valence-corrected chi connectivity index (χ4v) is 2.79.